The fraction of sp³-hybridized carbons (Fsp3) is 0.500. The highest BCUT2D eigenvalue weighted by Gasteiger charge is 2.40. The number of methoxy groups -OCH3 is 1. The third kappa shape index (κ3) is 2.42. The third-order valence-electron chi connectivity index (χ3n) is 4.28. The van der Waals surface area contributed by atoms with E-state index in [0.29, 0.717) is 25.7 Å². The molecule has 0 aliphatic heterocycles. The molecule has 0 atom stereocenters. The van der Waals surface area contributed by atoms with E-state index in [1.165, 1.54) is 0 Å². The maximum atomic E-state index is 12.2. The van der Waals surface area contributed by atoms with Crippen molar-refractivity contribution >= 4 is 11.6 Å². The van der Waals surface area contributed by atoms with Crippen LogP contribution < -0.4 is 4.74 Å². The number of ketones is 2. The van der Waals surface area contributed by atoms with Gasteiger partial charge >= 0.3 is 0 Å². The van der Waals surface area contributed by atoms with Crippen LogP contribution in [-0.2, 0) is 15.0 Å². The van der Waals surface area contributed by atoms with E-state index in [2.05, 4.69) is 0 Å². The zero-order chi connectivity index (χ0) is 14.0. The molecule has 1 aliphatic carbocycles. The van der Waals surface area contributed by atoms with Crippen LogP contribution in [0.1, 0.15) is 43.7 Å². The standard InChI is InChI=1S/C16H20O3/c1-11-10-13(4-5-15(11)19-3)16(12(2)17)8-6-14(18)7-9-16/h4-5,10H,6-9H2,1-3H3. The topological polar surface area (TPSA) is 43.4 Å². The molecule has 3 heteroatoms. The van der Waals surface area contributed by atoms with Crippen molar-refractivity contribution in [2.45, 2.75) is 44.9 Å². The Hall–Kier alpha value is -1.64. The Morgan fingerprint density at radius 2 is 1.89 bits per heavy atom. The van der Waals surface area contributed by atoms with Crippen LogP contribution in [0.25, 0.3) is 0 Å². The summed E-state index contributed by atoms with van der Waals surface area (Å²) in [6.07, 6.45) is 2.27. The molecule has 0 bridgehead atoms. The zero-order valence-corrected chi connectivity index (χ0v) is 11.8. The van der Waals surface area contributed by atoms with Crippen molar-refractivity contribution in [3.63, 3.8) is 0 Å². The first-order valence-corrected chi connectivity index (χ1v) is 6.67. The van der Waals surface area contributed by atoms with Gasteiger partial charge in [0.2, 0.25) is 0 Å². The van der Waals surface area contributed by atoms with Gasteiger partial charge in [0.25, 0.3) is 0 Å². The Balaban J connectivity index is 2.42. The Morgan fingerprint density at radius 1 is 1.26 bits per heavy atom. The van der Waals surface area contributed by atoms with Crippen LogP contribution in [0.5, 0.6) is 5.75 Å². The predicted octanol–water partition coefficient (Wildman–Crippen LogP) is 2.97. The summed E-state index contributed by atoms with van der Waals surface area (Å²) in [6.45, 7) is 3.61. The van der Waals surface area contributed by atoms with Crippen LogP contribution in [-0.4, -0.2) is 18.7 Å². The second-order valence-corrected chi connectivity index (χ2v) is 5.36. The van der Waals surface area contributed by atoms with E-state index in [0.717, 1.165) is 16.9 Å². The van der Waals surface area contributed by atoms with Crippen LogP contribution in [0.4, 0.5) is 0 Å². The summed E-state index contributed by atoms with van der Waals surface area (Å²) in [5.74, 6) is 1.25. The molecule has 2 rings (SSSR count). The quantitative estimate of drug-likeness (QED) is 0.839. The van der Waals surface area contributed by atoms with Gasteiger partial charge in [-0.3, -0.25) is 9.59 Å². The minimum Gasteiger partial charge on any atom is -0.496 e. The maximum Gasteiger partial charge on any atom is 0.140 e. The molecule has 0 heterocycles. The summed E-state index contributed by atoms with van der Waals surface area (Å²) in [5.41, 5.74) is 1.56. The van der Waals surface area contributed by atoms with E-state index >= 15 is 0 Å². The van der Waals surface area contributed by atoms with Gasteiger partial charge in [-0.25, -0.2) is 0 Å². The molecule has 0 saturated heterocycles. The maximum absolute atomic E-state index is 12.2. The number of benzene rings is 1. The number of carbonyl (C=O) groups excluding carboxylic acids is 2. The molecule has 1 aromatic carbocycles. The lowest BCUT2D eigenvalue weighted by molar-refractivity contribution is -0.127. The number of Topliss-reactive ketones (excluding diaryl/α,β-unsaturated/α-hetero) is 2. The fourth-order valence-corrected chi connectivity index (χ4v) is 2.98. The molecule has 0 unspecified atom stereocenters. The summed E-state index contributed by atoms with van der Waals surface area (Å²) in [7, 11) is 1.64. The molecule has 0 radical (unpaired) electrons. The molecular formula is C16H20O3. The Labute approximate surface area is 114 Å². The SMILES string of the molecule is COc1ccc(C2(C(C)=O)CCC(=O)CC2)cc1C. The molecule has 0 amide bonds. The van der Waals surface area contributed by atoms with Crippen LogP contribution in [0.2, 0.25) is 0 Å². The zero-order valence-electron chi connectivity index (χ0n) is 11.8. The smallest absolute Gasteiger partial charge is 0.140 e. The Bertz CT molecular complexity index is 507. The van der Waals surface area contributed by atoms with Crippen LogP contribution in [0, 0.1) is 6.92 Å². The molecule has 3 nitrogen and oxygen atoms in total. The highest BCUT2D eigenvalue weighted by Crippen LogP contribution is 2.40. The van der Waals surface area contributed by atoms with Gasteiger partial charge in [0.1, 0.15) is 17.3 Å². The summed E-state index contributed by atoms with van der Waals surface area (Å²) in [6, 6.07) is 5.89. The van der Waals surface area contributed by atoms with E-state index in [4.69, 9.17) is 4.74 Å². The van der Waals surface area contributed by atoms with E-state index in [1.54, 1.807) is 14.0 Å². The highest BCUT2D eigenvalue weighted by atomic mass is 16.5. The van der Waals surface area contributed by atoms with Crippen LogP contribution >= 0.6 is 0 Å². The minimum atomic E-state index is -0.481. The molecule has 0 aromatic heterocycles. The van der Waals surface area contributed by atoms with Gasteiger partial charge in [-0.15, -0.1) is 0 Å². The summed E-state index contributed by atoms with van der Waals surface area (Å²) >= 11 is 0. The highest BCUT2D eigenvalue weighted by molar-refractivity contribution is 5.91. The van der Waals surface area contributed by atoms with E-state index in [9.17, 15) is 9.59 Å². The Kier molecular flexibility index (Phi) is 3.74. The second-order valence-electron chi connectivity index (χ2n) is 5.36. The molecule has 1 aliphatic rings. The van der Waals surface area contributed by atoms with Gasteiger partial charge < -0.3 is 4.74 Å². The summed E-state index contributed by atoms with van der Waals surface area (Å²) in [4.78, 5) is 23.6. The van der Waals surface area contributed by atoms with Gasteiger partial charge in [0, 0.05) is 12.8 Å². The molecule has 1 fully saturated rings. The fourth-order valence-electron chi connectivity index (χ4n) is 2.98. The monoisotopic (exact) mass is 260 g/mol. The van der Waals surface area contributed by atoms with Gasteiger partial charge in [-0.1, -0.05) is 12.1 Å². The van der Waals surface area contributed by atoms with Crippen molar-refractivity contribution < 1.29 is 14.3 Å². The lowest BCUT2D eigenvalue weighted by atomic mass is 9.66. The Morgan fingerprint density at radius 3 is 2.37 bits per heavy atom. The molecule has 1 aromatic rings. The van der Waals surface area contributed by atoms with Gasteiger partial charge in [-0.2, -0.15) is 0 Å². The second kappa shape index (κ2) is 5.16. The number of aryl methyl sites for hydroxylation is 1. The largest absolute Gasteiger partial charge is 0.496 e. The molecule has 1 saturated carbocycles. The molecule has 0 N–H and O–H groups in total. The van der Waals surface area contributed by atoms with E-state index in [-0.39, 0.29) is 11.6 Å². The average molecular weight is 260 g/mol. The normalized spacial score (nSPS) is 18.2. The molecule has 19 heavy (non-hydrogen) atoms. The minimum absolute atomic E-state index is 0.157. The number of hydrogen-bond acceptors (Lipinski definition) is 3. The van der Waals surface area contributed by atoms with E-state index in [1.807, 2.05) is 25.1 Å². The van der Waals surface area contributed by atoms with Crippen molar-refractivity contribution in [1.29, 1.82) is 0 Å². The summed E-state index contributed by atoms with van der Waals surface area (Å²) < 4.78 is 5.26. The van der Waals surface area contributed by atoms with Crippen molar-refractivity contribution in [3.8, 4) is 5.75 Å². The van der Waals surface area contributed by atoms with Gasteiger partial charge in [0.15, 0.2) is 0 Å². The number of ether oxygens (including phenoxy) is 1. The lowest BCUT2D eigenvalue weighted by Gasteiger charge is -2.35. The van der Waals surface area contributed by atoms with Crippen LogP contribution in [0.15, 0.2) is 18.2 Å². The van der Waals surface area contributed by atoms with Crippen LogP contribution in [0.3, 0.4) is 0 Å². The average Bonchev–Trinajstić information content (AvgIpc) is 2.39. The number of rotatable bonds is 3. The number of carbonyl (C=O) groups is 2. The predicted molar refractivity (Wildman–Crippen MR) is 73.6 cm³/mol. The van der Waals surface area contributed by atoms with Crippen molar-refractivity contribution in [1.82, 2.24) is 0 Å². The molecule has 0 spiro atoms. The van der Waals surface area contributed by atoms with Gasteiger partial charge in [-0.05, 0) is 43.9 Å². The first-order valence-electron chi connectivity index (χ1n) is 6.67. The summed E-state index contributed by atoms with van der Waals surface area (Å²) in [5, 5.41) is 0. The van der Waals surface area contributed by atoms with Crippen molar-refractivity contribution in [2.75, 3.05) is 7.11 Å². The van der Waals surface area contributed by atoms with E-state index < -0.39 is 5.41 Å². The first-order chi connectivity index (χ1) is 8.99. The molecule has 102 valence electrons. The van der Waals surface area contributed by atoms with Crippen molar-refractivity contribution in [2.24, 2.45) is 0 Å². The number of hydrogen-bond donors (Lipinski definition) is 0. The van der Waals surface area contributed by atoms with Crippen molar-refractivity contribution in [3.05, 3.63) is 29.3 Å². The lowest BCUT2D eigenvalue weighted by Crippen LogP contribution is -2.38. The first kappa shape index (κ1) is 13.8. The molecular weight excluding hydrogens is 240 g/mol. The van der Waals surface area contributed by atoms with Gasteiger partial charge in [0.05, 0.1) is 12.5 Å². The third-order valence-corrected chi connectivity index (χ3v) is 4.28.